The second-order valence-electron chi connectivity index (χ2n) is 44.5. The number of epoxide rings is 5. The monoisotopic (exact) mass is 2030 g/mol. The van der Waals surface area contributed by atoms with E-state index in [0.717, 1.165) is 129 Å². The minimum atomic E-state index is -0.776. The maximum atomic E-state index is 11.8. The van der Waals surface area contributed by atoms with Crippen molar-refractivity contribution in [2.75, 3.05) is 152 Å². The van der Waals surface area contributed by atoms with E-state index in [1.165, 1.54) is 0 Å². The Morgan fingerprint density at radius 2 is 0.592 bits per heavy atom. The molecule has 37 heteroatoms. The summed E-state index contributed by atoms with van der Waals surface area (Å²) in [6, 6.07) is 0. The number of carbonyl (C=O) groups is 11. The van der Waals surface area contributed by atoms with Crippen molar-refractivity contribution in [3.05, 3.63) is 0 Å². The first-order chi connectivity index (χ1) is 66.5. The normalized spacial score (nSPS) is 23.4. The van der Waals surface area contributed by atoms with Crippen LogP contribution in [0.15, 0.2) is 0 Å². The molecule has 142 heavy (non-hydrogen) atoms. The van der Waals surface area contributed by atoms with Crippen LogP contribution >= 0.6 is 0 Å². The van der Waals surface area contributed by atoms with Crippen molar-refractivity contribution < 1.29 is 162 Å². The number of hydrogen-bond acceptors (Lipinski definition) is 34. The fourth-order valence-electron chi connectivity index (χ4n) is 13.0. The van der Waals surface area contributed by atoms with Crippen LogP contribution in [0.2, 0.25) is 0 Å². The Morgan fingerprint density at radius 1 is 0.310 bits per heavy atom. The Kier molecular flexibility index (Phi) is 54.3. The van der Waals surface area contributed by atoms with Gasteiger partial charge >= 0.3 is 66.0 Å². The Balaban J connectivity index is 0.000000340. The van der Waals surface area contributed by atoms with Crippen LogP contribution in [0.3, 0.4) is 0 Å². The molecule has 3 amide bonds. The molecule has 11 fully saturated rings. The van der Waals surface area contributed by atoms with E-state index in [2.05, 4.69) is 36.7 Å². The molecule has 13 unspecified atom stereocenters. The quantitative estimate of drug-likeness (QED) is 0.0163. The smallest absolute Gasteiger partial charge is 0.407 e. The molecule has 37 nitrogen and oxygen atoms in total. The number of hydrogen-bond donors (Lipinski definition) is 5. The fourth-order valence-corrected chi connectivity index (χ4v) is 13.0. The van der Waals surface area contributed by atoms with Gasteiger partial charge in [-0.05, 0) is 220 Å². The molecule has 8 saturated heterocycles. The number of carbonyl (C=O) groups excluding carboxylic acids is 11. The molecule has 11 aliphatic rings. The molecule has 8 aliphatic heterocycles. The van der Waals surface area contributed by atoms with E-state index in [-0.39, 0.29) is 189 Å². The van der Waals surface area contributed by atoms with Crippen molar-refractivity contribution >= 4 is 66.0 Å². The predicted octanol–water partition coefficient (Wildman–Crippen LogP) is 14.7. The van der Waals surface area contributed by atoms with Gasteiger partial charge in [0.1, 0.15) is 96.1 Å². The van der Waals surface area contributed by atoms with Crippen LogP contribution < -0.4 is 16.0 Å². The topological polar surface area (TPSA) is 475 Å². The van der Waals surface area contributed by atoms with Gasteiger partial charge in [0.15, 0.2) is 0 Å². The lowest BCUT2D eigenvalue weighted by atomic mass is 9.84. The first-order valence-electron chi connectivity index (χ1n) is 52.2. The van der Waals surface area contributed by atoms with E-state index in [9.17, 15) is 63.0 Å². The molecular formula is C105H185N3O34. The number of aliphatic hydroxyl groups is 2. The second kappa shape index (κ2) is 60.5. The molecule has 11 rings (SSSR count). The SMILES string of the molecule is CCC(C)(C)C(=O)OC1CCC2OC2C1.CCC(C)(C)C(=O)OCC(O)COC1CCC2OC2C1.CCC(C)(C)C(=O)OCC1CO1.CCC(C)(C)C(=O)OCCNC(=O)OC1CCC2OC2C1.CCC(C)(C)C(=O)OCCNC(=O)OCC1CO1.CCC1(COC(=O)C(C)(C)CC)COC1.CCC1(COC(=O)NCCOC(=O)C(C)(C)CC)COC1.CCC1(COCC(O)COC(=O)C(C)(C)CC)COC1. The summed E-state index contributed by atoms with van der Waals surface area (Å²) >= 11 is 0. The average Bonchev–Trinajstić information content (AvgIpc) is 1.65. The van der Waals surface area contributed by atoms with Crippen LogP contribution in [-0.2, 0) is 138 Å². The molecule has 3 saturated carbocycles. The molecule has 0 aromatic rings. The van der Waals surface area contributed by atoms with Crippen LogP contribution in [0.4, 0.5) is 14.4 Å². The van der Waals surface area contributed by atoms with E-state index in [1.54, 1.807) is 0 Å². The average molecular weight is 2030 g/mol. The minimum absolute atomic E-state index is 0.00244. The van der Waals surface area contributed by atoms with Gasteiger partial charge < -0.3 is 126 Å². The van der Waals surface area contributed by atoms with Gasteiger partial charge in [-0.1, -0.05) is 76.2 Å². The molecule has 0 aromatic heterocycles. The van der Waals surface area contributed by atoms with Crippen LogP contribution in [-0.4, -0.2) is 307 Å². The van der Waals surface area contributed by atoms with Crippen molar-refractivity contribution in [1.82, 2.24) is 16.0 Å². The van der Waals surface area contributed by atoms with Crippen molar-refractivity contribution in [1.29, 1.82) is 0 Å². The number of alkyl carbamates (subject to hydrolysis) is 3. The largest absolute Gasteiger partial charge is 0.465 e. The van der Waals surface area contributed by atoms with Crippen LogP contribution in [0.25, 0.3) is 0 Å². The molecule has 0 bridgehead atoms. The summed E-state index contributed by atoms with van der Waals surface area (Å²) in [5.41, 5.74) is -3.32. The summed E-state index contributed by atoms with van der Waals surface area (Å²) in [5.74, 6) is -1.59. The maximum Gasteiger partial charge on any atom is 0.407 e. The number of esters is 8. The summed E-state index contributed by atoms with van der Waals surface area (Å²) < 4.78 is 110. The number of rotatable bonds is 49. The van der Waals surface area contributed by atoms with Gasteiger partial charge in [-0.2, -0.15) is 0 Å². The van der Waals surface area contributed by atoms with Gasteiger partial charge in [0.25, 0.3) is 0 Å². The number of fused-ring (bicyclic) bond motifs is 3. The van der Waals surface area contributed by atoms with E-state index in [4.69, 9.17) is 99.5 Å². The molecule has 0 spiro atoms. The van der Waals surface area contributed by atoms with E-state index in [1.807, 2.05) is 166 Å². The summed E-state index contributed by atoms with van der Waals surface area (Å²) in [4.78, 5) is 128. The Labute approximate surface area is 846 Å². The van der Waals surface area contributed by atoms with E-state index >= 15 is 0 Å². The Bertz CT molecular complexity index is 3770. The van der Waals surface area contributed by atoms with Gasteiger partial charge in [-0.15, -0.1) is 0 Å². The molecule has 8 heterocycles. The molecule has 3 aliphatic carbocycles. The summed E-state index contributed by atoms with van der Waals surface area (Å²) in [7, 11) is 0. The Hall–Kier alpha value is -6.91. The van der Waals surface area contributed by atoms with Gasteiger partial charge in [-0.25, -0.2) is 14.4 Å². The fraction of sp³-hybridized carbons (Fsp3) is 0.895. The van der Waals surface area contributed by atoms with Gasteiger partial charge in [0.2, 0.25) is 0 Å². The lowest BCUT2D eigenvalue weighted by Gasteiger charge is -2.40. The van der Waals surface area contributed by atoms with Crippen molar-refractivity contribution in [3.63, 3.8) is 0 Å². The highest BCUT2D eigenvalue weighted by atomic mass is 16.6. The summed E-state index contributed by atoms with van der Waals surface area (Å²) in [5, 5.41) is 27.2. The summed E-state index contributed by atoms with van der Waals surface area (Å²) in [6.45, 7) is 61.1. The van der Waals surface area contributed by atoms with Gasteiger partial charge in [0, 0.05) is 24.7 Å². The third-order valence-electron chi connectivity index (χ3n) is 29.1. The first-order valence-corrected chi connectivity index (χ1v) is 52.2. The van der Waals surface area contributed by atoms with Crippen molar-refractivity contribution in [2.24, 2.45) is 59.6 Å². The standard InChI is InChI=1S/C15H25NO5.C15H27NO5.C15H26O5.C15H28O5.C12H21NO5.C12H20O3.C12H22O3.C9H16O3/c1-4-15(2,3)13(17)19-8-7-16-14(18)20-10-5-6-11-12(9-10)21-11;1-5-14(3,4)12(17)20-8-7-16-13(18)21-11-15(6-2)9-19-10-15;1-4-15(2,3)14(17)19-9-10(16)8-18-11-5-6-12-13(7-11)20-12;1-5-14(3,4)13(17)20-8-12(16)7-18-9-15(6-2)10-19-11-15;1-4-12(2,3)10(14)16-6-5-13-11(15)18-8-9-7-17-9;1-4-12(2,3)11(13)14-8-5-6-9-10(7-8)15-9;1-5-11(3,4)10(13)15-9-12(6-2)7-14-8-12;1-4-9(2,3)8(10)12-6-7-5-11-7/h10-12H,4-9H2,1-3H3,(H,16,18);5-11H2,1-4H3,(H,16,18);10-13,16H,4-9H2,1-3H3;12,16H,5-11H2,1-4H3;9H,4-8H2,1-3H3,(H,13,15);8-10H,4-7H2,1-3H3;5-9H2,1-4H3;7H,4-6H2,1-3H3. The van der Waals surface area contributed by atoms with Crippen LogP contribution in [0.1, 0.15) is 315 Å². The molecule has 13 atom stereocenters. The van der Waals surface area contributed by atoms with Gasteiger partial charge in [0.05, 0.1) is 189 Å². The zero-order valence-electron chi connectivity index (χ0n) is 91.4. The zero-order valence-corrected chi connectivity index (χ0v) is 91.4. The number of aliphatic hydroxyl groups excluding tert-OH is 2. The van der Waals surface area contributed by atoms with Crippen molar-refractivity contribution in [2.45, 2.75) is 395 Å². The summed E-state index contributed by atoms with van der Waals surface area (Å²) in [6.07, 6.45) is 17.2. The molecule has 824 valence electrons. The lowest BCUT2D eigenvalue weighted by molar-refractivity contribution is -0.178. The van der Waals surface area contributed by atoms with E-state index < -0.39 is 57.6 Å². The maximum absolute atomic E-state index is 11.8. The van der Waals surface area contributed by atoms with E-state index in [0.29, 0.717) is 109 Å². The highest BCUT2D eigenvalue weighted by Gasteiger charge is 2.49. The zero-order chi connectivity index (χ0) is 107. The Morgan fingerprint density at radius 3 is 0.923 bits per heavy atom. The number of amides is 3. The molecular weight excluding hydrogens is 1850 g/mol. The second-order valence-corrected chi connectivity index (χ2v) is 44.5. The number of nitrogens with one attached hydrogen (secondary N) is 3. The highest BCUT2D eigenvalue weighted by molar-refractivity contribution is 5.79. The third kappa shape index (κ3) is 47.1. The molecule has 0 aromatic carbocycles. The molecule has 5 N–H and O–H groups in total. The molecule has 0 radical (unpaired) electrons. The van der Waals surface area contributed by atoms with Crippen LogP contribution in [0, 0.1) is 59.6 Å². The third-order valence-corrected chi connectivity index (χ3v) is 29.1. The van der Waals surface area contributed by atoms with Crippen molar-refractivity contribution in [3.8, 4) is 0 Å². The van der Waals surface area contributed by atoms with Crippen LogP contribution in [0.5, 0.6) is 0 Å². The minimum Gasteiger partial charge on any atom is -0.465 e. The first kappa shape index (κ1) is 127. The lowest BCUT2D eigenvalue weighted by Crippen LogP contribution is -2.47. The van der Waals surface area contributed by atoms with Gasteiger partial charge in [-0.3, -0.25) is 38.4 Å². The highest BCUT2D eigenvalue weighted by Crippen LogP contribution is 2.42. The number of ether oxygens (including phenoxy) is 21. The predicted molar refractivity (Wildman–Crippen MR) is 526 cm³/mol.